The Morgan fingerprint density at radius 2 is 2.39 bits per heavy atom. The third-order valence-electron chi connectivity index (χ3n) is 4.00. The molecule has 0 bridgehead atoms. The quantitative estimate of drug-likeness (QED) is 0.902. The van der Waals surface area contributed by atoms with Gasteiger partial charge in [0.15, 0.2) is 4.96 Å². The Bertz CT molecular complexity index is 536. The largest absolute Gasteiger partial charge is 0.377 e. The lowest BCUT2D eigenvalue weighted by Crippen LogP contribution is -2.47. The van der Waals surface area contributed by atoms with Crippen LogP contribution in [0.15, 0.2) is 11.6 Å². The van der Waals surface area contributed by atoms with Gasteiger partial charge in [-0.1, -0.05) is 0 Å². The number of thiazole rings is 1. The van der Waals surface area contributed by atoms with Crippen molar-refractivity contribution in [3.05, 3.63) is 23.0 Å². The SMILES string of the molecule is COC1(CNCc2c(C)nc3sccn23)CCC1. The Kier molecular flexibility index (Phi) is 3.13. The number of fused-ring (bicyclic) bond motifs is 1. The van der Waals surface area contributed by atoms with Gasteiger partial charge < -0.3 is 10.1 Å². The Hall–Kier alpha value is -0.910. The molecule has 0 radical (unpaired) electrons. The number of nitrogens with one attached hydrogen (secondary N) is 1. The Balaban J connectivity index is 1.66. The van der Waals surface area contributed by atoms with E-state index in [1.165, 1.54) is 25.0 Å². The summed E-state index contributed by atoms with van der Waals surface area (Å²) in [4.78, 5) is 5.63. The van der Waals surface area contributed by atoms with E-state index in [0.717, 1.165) is 23.7 Å². The number of nitrogens with zero attached hydrogens (tertiary/aromatic N) is 2. The lowest BCUT2D eigenvalue weighted by Gasteiger charge is -2.40. The maximum absolute atomic E-state index is 5.61. The lowest BCUT2D eigenvalue weighted by atomic mass is 9.80. The number of hydrogen-bond acceptors (Lipinski definition) is 4. The second-order valence-electron chi connectivity index (χ2n) is 5.04. The molecule has 2 aromatic rings. The predicted molar refractivity (Wildman–Crippen MR) is 73.1 cm³/mol. The van der Waals surface area contributed by atoms with Crippen LogP contribution in [-0.2, 0) is 11.3 Å². The molecule has 2 heterocycles. The molecule has 1 fully saturated rings. The molecular formula is C13H19N3OS. The summed E-state index contributed by atoms with van der Waals surface area (Å²) in [5.74, 6) is 0. The van der Waals surface area contributed by atoms with Gasteiger partial charge in [0.1, 0.15) is 0 Å². The maximum Gasteiger partial charge on any atom is 0.194 e. The fourth-order valence-corrected chi connectivity index (χ4v) is 3.37. The smallest absolute Gasteiger partial charge is 0.194 e. The predicted octanol–water partition coefficient (Wildman–Crippen LogP) is 2.36. The third-order valence-corrected chi connectivity index (χ3v) is 4.76. The van der Waals surface area contributed by atoms with Crippen LogP contribution in [-0.4, -0.2) is 28.6 Å². The van der Waals surface area contributed by atoms with Gasteiger partial charge in [-0.3, -0.25) is 4.40 Å². The van der Waals surface area contributed by atoms with E-state index in [9.17, 15) is 0 Å². The Labute approximate surface area is 111 Å². The summed E-state index contributed by atoms with van der Waals surface area (Å²) in [6, 6.07) is 0. The Morgan fingerprint density at radius 3 is 3.06 bits per heavy atom. The molecule has 0 amide bonds. The van der Waals surface area contributed by atoms with Crippen LogP contribution in [0.25, 0.3) is 4.96 Å². The van der Waals surface area contributed by atoms with Crippen LogP contribution < -0.4 is 5.32 Å². The van der Waals surface area contributed by atoms with E-state index in [-0.39, 0.29) is 5.60 Å². The molecule has 0 spiro atoms. The number of ether oxygens (including phenoxy) is 1. The molecule has 0 aromatic carbocycles. The maximum atomic E-state index is 5.61. The molecule has 1 aliphatic carbocycles. The topological polar surface area (TPSA) is 38.6 Å². The van der Waals surface area contributed by atoms with Crippen molar-refractivity contribution in [1.82, 2.24) is 14.7 Å². The summed E-state index contributed by atoms with van der Waals surface area (Å²) in [6.45, 7) is 3.86. The van der Waals surface area contributed by atoms with Crippen LogP contribution >= 0.6 is 11.3 Å². The van der Waals surface area contributed by atoms with Crippen molar-refractivity contribution in [2.45, 2.75) is 38.3 Å². The van der Waals surface area contributed by atoms with Crippen molar-refractivity contribution in [3.8, 4) is 0 Å². The first-order valence-electron chi connectivity index (χ1n) is 6.41. The average molecular weight is 265 g/mol. The molecule has 4 nitrogen and oxygen atoms in total. The number of hydrogen-bond donors (Lipinski definition) is 1. The van der Waals surface area contributed by atoms with E-state index in [4.69, 9.17) is 4.74 Å². The summed E-state index contributed by atoms with van der Waals surface area (Å²) >= 11 is 1.68. The van der Waals surface area contributed by atoms with Gasteiger partial charge in [-0.2, -0.15) is 0 Å². The minimum atomic E-state index is 0.0896. The molecule has 1 N–H and O–H groups in total. The van der Waals surface area contributed by atoms with Gasteiger partial charge in [-0.05, 0) is 26.2 Å². The van der Waals surface area contributed by atoms with E-state index in [1.54, 1.807) is 11.3 Å². The highest BCUT2D eigenvalue weighted by atomic mass is 32.1. The zero-order valence-electron chi connectivity index (χ0n) is 10.9. The van der Waals surface area contributed by atoms with Gasteiger partial charge in [-0.25, -0.2) is 4.98 Å². The van der Waals surface area contributed by atoms with Gasteiger partial charge in [0.05, 0.1) is 17.0 Å². The van der Waals surface area contributed by atoms with Crippen molar-refractivity contribution in [2.24, 2.45) is 0 Å². The van der Waals surface area contributed by atoms with E-state index in [0.29, 0.717) is 0 Å². The van der Waals surface area contributed by atoms with Gasteiger partial charge in [0.2, 0.25) is 0 Å². The minimum Gasteiger partial charge on any atom is -0.377 e. The number of aryl methyl sites for hydroxylation is 1. The second-order valence-corrected chi connectivity index (χ2v) is 5.92. The summed E-state index contributed by atoms with van der Waals surface area (Å²) in [7, 11) is 1.82. The van der Waals surface area contributed by atoms with Gasteiger partial charge in [-0.15, -0.1) is 11.3 Å². The van der Waals surface area contributed by atoms with Crippen LogP contribution in [0, 0.1) is 6.92 Å². The molecule has 1 saturated carbocycles. The van der Waals surface area contributed by atoms with Crippen LogP contribution in [0.2, 0.25) is 0 Å². The number of imidazole rings is 1. The number of methoxy groups -OCH3 is 1. The summed E-state index contributed by atoms with van der Waals surface area (Å²) in [6.07, 6.45) is 5.73. The first kappa shape index (κ1) is 12.1. The average Bonchev–Trinajstić information content (AvgIpc) is 2.85. The first-order chi connectivity index (χ1) is 8.74. The van der Waals surface area contributed by atoms with Crippen molar-refractivity contribution in [3.63, 3.8) is 0 Å². The third kappa shape index (κ3) is 1.96. The number of aromatic nitrogens is 2. The normalized spacial score (nSPS) is 18.1. The standard InChI is InChI=1S/C13H19N3OS/c1-10-11(16-6-7-18-12(16)15-10)8-14-9-13(17-2)4-3-5-13/h6-7,14H,3-5,8-9H2,1-2H3. The molecule has 0 saturated heterocycles. The molecule has 0 atom stereocenters. The summed E-state index contributed by atoms with van der Waals surface area (Å²) in [5.41, 5.74) is 2.47. The van der Waals surface area contributed by atoms with E-state index >= 15 is 0 Å². The molecule has 0 unspecified atom stereocenters. The number of rotatable bonds is 5. The molecule has 2 aromatic heterocycles. The highest BCUT2D eigenvalue weighted by molar-refractivity contribution is 7.15. The molecule has 5 heteroatoms. The van der Waals surface area contributed by atoms with Gasteiger partial charge in [0, 0.05) is 31.8 Å². The second kappa shape index (κ2) is 4.64. The minimum absolute atomic E-state index is 0.0896. The van der Waals surface area contributed by atoms with Gasteiger partial charge in [0.25, 0.3) is 0 Å². The highest BCUT2D eigenvalue weighted by Crippen LogP contribution is 2.34. The molecule has 3 rings (SSSR count). The van der Waals surface area contributed by atoms with Crippen molar-refractivity contribution >= 4 is 16.3 Å². The zero-order chi connectivity index (χ0) is 12.6. The highest BCUT2D eigenvalue weighted by Gasteiger charge is 2.36. The van der Waals surface area contributed by atoms with Crippen molar-refractivity contribution in [2.75, 3.05) is 13.7 Å². The Morgan fingerprint density at radius 1 is 1.56 bits per heavy atom. The van der Waals surface area contributed by atoms with E-state index in [2.05, 4.69) is 33.2 Å². The summed E-state index contributed by atoms with van der Waals surface area (Å²) in [5, 5.41) is 5.60. The van der Waals surface area contributed by atoms with E-state index in [1.807, 2.05) is 7.11 Å². The fourth-order valence-electron chi connectivity index (χ4n) is 2.59. The lowest BCUT2D eigenvalue weighted by molar-refractivity contribution is -0.0695. The van der Waals surface area contributed by atoms with Crippen LogP contribution in [0.3, 0.4) is 0 Å². The van der Waals surface area contributed by atoms with Crippen LogP contribution in [0.1, 0.15) is 30.7 Å². The molecule has 98 valence electrons. The monoisotopic (exact) mass is 265 g/mol. The summed E-state index contributed by atoms with van der Waals surface area (Å²) < 4.78 is 7.79. The fraction of sp³-hybridized carbons (Fsp3) is 0.615. The molecule has 0 aliphatic heterocycles. The van der Waals surface area contributed by atoms with Crippen molar-refractivity contribution < 1.29 is 4.74 Å². The van der Waals surface area contributed by atoms with Crippen molar-refractivity contribution in [1.29, 1.82) is 0 Å². The van der Waals surface area contributed by atoms with E-state index < -0.39 is 0 Å². The molecule has 1 aliphatic rings. The first-order valence-corrected chi connectivity index (χ1v) is 7.29. The molecular weight excluding hydrogens is 246 g/mol. The molecule has 18 heavy (non-hydrogen) atoms. The van der Waals surface area contributed by atoms with Crippen LogP contribution in [0.4, 0.5) is 0 Å². The zero-order valence-corrected chi connectivity index (χ0v) is 11.7. The van der Waals surface area contributed by atoms with Crippen LogP contribution in [0.5, 0.6) is 0 Å². The van der Waals surface area contributed by atoms with Gasteiger partial charge >= 0.3 is 0 Å².